The lowest BCUT2D eigenvalue weighted by molar-refractivity contribution is 0.560. The van der Waals surface area contributed by atoms with Crippen molar-refractivity contribution < 1.29 is 8.83 Å². The molecule has 0 aliphatic heterocycles. The molecule has 0 atom stereocenters. The molecule has 0 aliphatic carbocycles. The van der Waals surface area contributed by atoms with Crippen LogP contribution in [0.4, 0.5) is 0 Å². The van der Waals surface area contributed by atoms with E-state index in [2.05, 4.69) is 0 Å². The molecule has 2 aromatic rings. The van der Waals surface area contributed by atoms with Gasteiger partial charge in [-0.3, -0.25) is 0 Å². The molecule has 2 aromatic heterocycles. The first-order chi connectivity index (χ1) is 4.97. The summed E-state index contributed by atoms with van der Waals surface area (Å²) >= 11 is 0. The van der Waals surface area contributed by atoms with E-state index in [1.807, 2.05) is 18.2 Å². The molecule has 0 amide bonds. The Balaban J connectivity index is 2.48. The zero-order valence-corrected chi connectivity index (χ0v) is 5.28. The van der Waals surface area contributed by atoms with Crippen molar-refractivity contribution in [1.29, 1.82) is 0 Å². The van der Waals surface area contributed by atoms with Gasteiger partial charge < -0.3 is 8.83 Å². The van der Waals surface area contributed by atoms with Gasteiger partial charge in [0.1, 0.15) is 12.0 Å². The van der Waals surface area contributed by atoms with Crippen LogP contribution in [-0.2, 0) is 0 Å². The SMILES string of the molecule is c1coc(-c2ccoc2)c1. The van der Waals surface area contributed by atoms with Gasteiger partial charge in [-0.15, -0.1) is 0 Å². The van der Waals surface area contributed by atoms with E-state index in [0.29, 0.717) is 0 Å². The van der Waals surface area contributed by atoms with Gasteiger partial charge in [-0.2, -0.15) is 0 Å². The molecule has 10 heavy (non-hydrogen) atoms. The second-order valence-electron chi connectivity index (χ2n) is 1.99. The molecule has 0 radical (unpaired) electrons. The van der Waals surface area contributed by atoms with E-state index in [4.69, 9.17) is 8.83 Å². The maximum Gasteiger partial charge on any atom is 0.137 e. The van der Waals surface area contributed by atoms with Crippen LogP contribution in [0.1, 0.15) is 0 Å². The molecule has 0 unspecified atom stereocenters. The summed E-state index contributed by atoms with van der Waals surface area (Å²) in [5, 5.41) is 0. The highest BCUT2D eigenvalue weighted by atomic mass is 16.3. The average Bonchev–Trinajstić information content (AvgIpc) is 2.59. The molecule has 0 N–H and O–H groups in total. The summed E-state index contributed by atoms with van der Waals surface area (Å²) < 4.78 is 10.00. The second kappa shape index (κ2) is 2.06. The Kier molecular flexibility index (Phi) is 1.10. The van der Waals surface area contributed by atoms with Crippen molar-refractivity contribution in [2.45, 2.75) is 0 Å². The quantitative estimate of drug-likeness (QED) is 0.599. The number of furan rings is 2. The van der Waals surface area contributed by atoms with E-state index < -0.39 is 0 Å². The van der Waals surface area contributed by atoms with Crippen molar-refractivity contribution in [3.8, 4) is 11.3 Å². The molecule has 2 heterocycles. The Labute approximate surface area is 58.1 Å². The van der Waals surface area contributed by atoms with E-state index in [0.717, 1.165) is 11.3 Å². The third-order valence-electron chi connectivity index (χ3n) is 1.33. The molecule has 0 aromatic carbocycles. The third kappa shape index (κ3) is 0.739. The topological polar surface area (TPSA) is 26.3 Å². The number of hydrogen-bond acceptors (Lipinski definition) is 2. The van der Waals surface area contributed by atoms with Gasteiger partial charge >= 0.3 is 0 Å². The van der Waals surface area contributed by atoms with Gasteiger partial charge in [-0.25, -0.2) is 0 Å². The van der Waals surface area contributed by atoms with Crippen molar-refractivity contribution >= 4 is 0 Å². The Hall–Kier alpha value is -1.44. The largest absolute Gasteiger partial charge is 0.472 e. The van der Waals surface area contributed by atoms with Crippen LogP contribution in [-0.4, -0.2) is 0 Å². The molecule has 2 heteroatoms. The highest BCUT2D eigenvalue weighted by Crippen LogP contribution is 2.18. The summed E-state index contributed by atoms with van der Waals surface area (Å²) in [6.07, 6.45) is 4.92. The van der Waals surface area contributed by atoms with Crippen LogP contribution in [0.25, 0.3) is 11.3 Å². The third-order valence-corrected chi connectivity index (χ3v) is 1.33. The monoisotopic (exact) mass is 134 g/mol. The van der Waals surface area contributed by atoms with Gasteiger partial charge in [0.15, 0.2) is 0 Å². The first-order valence-electron chi connectivity index (χ1n) is 3.03. The van der Waals surface area contributed by atoms with Crippen LogP contribution in [0.3, 0.4) is 0 Å². The highest BCUT2D eigenvalue weighted by molar-refractivity contribution is 5.54. The summed E-state index contributed by atoms with van der Waals surface area (Å²) in [5.41, 5.74) is 0.977. The van der Waals surface area contributed by atoms with Crippen molar-refractivity contribution in [2.75, 3.05) is 0 Å². The fourth-order valence-electron chi connectivity index (χ4n) is 0.847. The molecule has 0 spiro atoms. The van der Waals surface area contributed by atoms with Crippen LogP contribution in [0.2, 0.25) is 0 Å². The van der Waals surface area contributed by atoms with E-state index in [9.17, 15) is 0 Å². The summed E-state index contributed by atoms with van der Waals surface area (Å²) in [5.74, 6) is 0.841. The zero-order valence-electron chi connectivity index (χ0n) is 5.28. The van der Waals surface area contributed by atoms with Crippen LogP contribution < -0.4 is 0 Å². The molecule has 0 bridgehead atoms. The Bertz CT molecular complexity index is 247. The smallest absolute Gasteiger partial charge is 0.137 e. The van der Waals surface area contributed by atoms with Crippen LogP contribution in [0, 0.1) is 0 Å². The van der Waals surface area contributed by atoms with Crippen molar-refractivity contribution in [3.05, 3.63) is 37.0 Å². The van der Waals surface area contributed by atoms with E-state index in [-0.39, 0.29) is 0 Å². The fraction of sp³-hybridized carbons (Fsp3) is 0. The minimum absolute atomic E-state index is 0.841. The Morgan fingerprint density at radius 1 is 1.10 bits per heavy atom. The first-order valence-corrected chi connectivity index (χ1v) is 3.03. The summed E-state index contributed by atoms with van der Waals surface area (Å²) in [6, 6.07) is 5.60. The average molecular weight is 134 g/mol. The molecule has 0 aliphatic rings. The normalized spacial score (nSPS) is 10.0. The molecule has 0 fully saturated rings. The highest BCUT2D eigenvalue weighted by Gasteiger charge is 1.98. The number of hydrogen-bond donors (Lipinski definition) is 0. The van der Waals surface area contributed by atoms with Crippen molar-refractivity contribution in [2.24, 2.45) is 0 Å². The van der Waals surface area contributed by atoms with E-state index in [1.54, 1.807) is 18.8 Å². The molecule has 0 saturated heterocycles. The summed E-state index contributed by atoms with van der Waals surface area (Å²) in [6.45, 7) is 0. The zero-order chi connectivity index (χ0) is 6.81. The van der Waals surface area contributed by atoms with Gasteiger partial charge in [0.2, 0.25) is 0 Å². The minimum atomic E-state index is 0.841. The molecular weight excluding hydrogens is 128 g/mol. The number of rotatable bonds is 1. The lowest BCUT2D eigenvalue weighted by atomic mass is 10.3. The predicted molar refractivity (Wildman–Crippen MR) is 36.4 cm³/mol. The van der Waals surface area contributed by atoms with Crippen LogP contribution in [0.5, 0.6) is 0 Å². The van der Waals surface area contributed by atoms with Crippen LogP contribution >= 0.6 is 0 Å². The molecule has 50 valence electrons. The fourth-order valence-corrected chi connectivity index (χ4v) is 0.847. The molecule has 0 saturated carbocycles. The Morgan fingerprint density at radius 2 is 2.10 bits per heavy atom. The molecular formula is C8H6O2. The van der Waals surface area contributed by atoms with Crippen molar-refractivity contribution in [3.63, 3.8) is 0 Å². The van der Waals surface area contributed by atoms with Gasteiger partial charge in [-0.1, -0.05) is 0 Å². The Morgan fingerprint density at radius 3 is 2.70 bits per heavy atom. The van der Waals surface area contributed by atoms with Gasteiger partial charge in [0, 0.05) is 0 Å². The lowest BCUT2D eigenvalue weighted by Crippen LogP contribution is -1.61. The molecule has 2 rings (SSSR count). The summed E-state index contributed by atoms with van der Waals surface area (Å²) in [7, 11) is 0. The minimum Gasteiger partial charge on any atom is -0.472 e. The lowest BCUT2D eigenvalue weighted by Gasteiger charge is -1.83. The van der Waals surface area contributed by atoms with Gasteiger partial charge in [-0.05, 0) is 18.2 Å². The second-order valence-corrected chi connectivity index (χ2v) is 1.99. The standard InChI is InChI=1S/C8H6O2/c1-2-8(10-4-1)7-3-5-9-6-7/h1-6H. The van der Waals surface area contributed by atoms with Crippen LogP contribution in [0.15, 0.2) is 45.8 Å². The maximum atomic E-state index is 5.12. The van der Waals surface area contributed by atoms with Gasteiger partial charge in [0.05, 0.1) is 18.1 Å². The predicted octanol–water partition coefficient (Wildman–Crippen LogP) is 2.54. The summed E-state index contributed by atoms with van der Waals surface area (Å²) in [4.78, 5) is 0. The first kappa shape index (κ1) is 5.35. The van der Waals surface area contributed by atoms with Gasteiger partial charge in [0.25, 0.3) is 0 Å². The van der Waals surface area contributed by atoms with E-state index >= 15 is 0 Å². The molecule has 2 nitrogen and oxygen atoms in total. The van der Waals surface area contributed by atoms with E-state index in [1.165, 1.54) is 0 Å². The maximum absolute atomic E-state index is 5.12. The van der Waals surface area contributed by atoms with Crippen molar-refractivity contribution in [1.82, 2.24) is 0 Å².